The third-order valence-electron chi connectivity index (χ3n) is 5.22. The van der Waals surface area contributed by atoms with Gasteiger partial charge in [0, 0.05) is 18.1 Å². The Hall–Kier alpha value is -0.0800. The van der Waals surface area contributed by atoms with Crippen LogP contribution in [0.1, 0.15) is 65.7 Å². The molecule has 1 N–H and O–H groups in total. The third-order valence-corrected chi connectivity index (χ3v) is 5.22. The maximum absolute atomic E-state index is 3.73. The van der Waals surface area contributed by atoms with Crippen molar-refractivity contribution in [3.8, 4) is 0 Å². The molecule has 2 nitrogen and oxygen atoms in total. The first-order chi connectivity index (χ1) is 8.76. The molecule has 0 aromatic carbocycles. The topological polar surface area (TPSA) is 15.3 Å². The minimum atomic E-state index is 0.790. The molecule has 0 saturated carbocycles. The molecule has 2 fully saturated rings. The zero-order valence-electron chi connectivity index (χ0n) is 12.6. The van der Waals surface area contributed by atoms with E-state index >= 15 is 0 Å². The van der Waals surface area contributed by atoms with Crippen LogP contribution in [0.3, 0.4) is 0 Å². The minimum absolute atomic E-state index is 0.790. The van der Waals surface area contributed by atoms with Crippen molar-refractivity contribution in [2.75, 3.05) is 13.1 Å². The standard InChI is InChI=1S/C16H32N2/c1-4-13(3)12-14(5-2)18-11-7-9-16(18)15-8-6-10-17-15/h13-17H,4-12H2,1-3H3. The first-order valence-corrected chi connectivity index (χ1v) is 8.25. The van der Waals surface area contributed by atoms with Crippen LogP contribution in [0.5, 0.6) is 0 Å². The van der Waals surface area contributed by atoms with Gasteiger partial charge in [-0.05, 0) is 57.5 Å². The predicted octanol–water partition coefficient (Wildman–Crippen LogP) is 3.42. The second-order valence-corrected chi connectivity index (χ2v) is 6.46. The van der Waals surface area contributed by atoms with Crippen molar-refractivity contribution in [2.45, 2.75) is 83.8 Å². The highest BCUT2D eigenvalue weighted by Crippen LogP contribution is 2.30. The van der Waals surface area contributed by atoms with Crippen molar-refractivity contribution in [3.05, 3.63) is 0 Å². The zero-order valence-corrected chi connectivity index (χ0v) is 12.6. The van der Waals surface area contributed by atoms with Gasteiger partial charge in [0.05, 0.1) is 0 Å². The normalized spacial score (nSPS) is 32.8. The van der Waals surface area contributed by atoms with E-state index in [-0.39, 0.29) is 0 Å². The molecule has 0 aromatic rings. The third kappa shape index (κ3) is 3.27. The second-order valence-electron chi connectivity index (χ2n) is 6.46. The number of nitrogens with zero attached hydrogens (tertiary/aromatic N) is 1. The van der Waals surface area contributed by atoms with Gasteiger partial charge in [0.25, 0.3) is 0 Å². The molecule has 0 aromatic heterocycles. The summed E-state index contributed by atoms with van der Waals surface area (Å²) in [5.74, 6) is 0.882. The molecule has 4 unspecified atom stereocenters. The molecule has 0 aliphatic carbocycles. The summed E-state index contributed by atoms with van der Waals surface area (Å²) < 4.78 is 0. The largest absolute Gasteiger partial charge is 0.312 e. The van der Waals surface area contributed by atoms with Crippen LogP contribution in [0, 0.1) is 5.92 Å². The maximum atomic E-state index is 3.73. The van der Waals surface area contributed by atoms with Crippen LogP contribution in [0.15, 0.2) is 0 Å². The lowest BCUT2D eigenvalue weighted by molar-refractivity contribution is 0.129. The Morgan fingerprint density at radius 3 is 2.61 bits per heavy atom. The maximum Gasteiger partial charge on any atom is 0.0252 e. The summed E-state index contributed by atoms with van der Waals surface area (Å²) in [6, 6.07) is 2.45. The predicted molar refractivity (Wildman–Crippen MR) is 78.9 cm³/mol. The van der Waals surface area contributed by atoms with Crippen LogP contribution in [0.2, 0.25) is 0 Å². The first kappa shape index (κ1) is 14.3. The van der Waals surface area contributed by atoms with Crippen molar-refractivity contribution >= 4 is 0 Å². The highest BCUT2D eigenvalue weighted by molar-refractivity contribution is 4.94. The molecule has 2 aliphatic heterocycles. The molecule has 2 saturated heterocycles. The molecule has 2 aliphatic rings. The minimum Gasteiger partial charge on any atom is -0.312 e. The average molecular weight is 252 g/mol. The van der Waals surface area contributed by atoms with Gasteiger partial charge in [-0.3, -0.25) is 4.90 Å². The molecule has 0 amide bonds. The zero-order chi connectivity index (χ0) is 13.0. The summed E-state index contributed by atoms with van der Waals surface area (Å²) in [4.78, 5) is 2.86. The van der Waals surface area contributed by atoms with Crippen LogP contribution in [-0.2, 0) is 0 Å². The highest BCUT2D eigenvalue weighted by atomic mass is 15.2. The molecule has 0 radical (unpaired) electrons. The van der Waals surface area contributed by atoms with Crippen molar-refractivity contribution in [2.24, 2.45) is 5.92 Å². The van der Waals surface area contributed by atoms with Crippen LogP contribution >= 0.6 is 0 Å². The SMILES string of the molecule is CCC(C)CC(CC)N1CCCC1C1CCCN1. The van der Waals surface area contributed by atoms with Gasteiger partial charge in [-0.25, -0.2) is 0 Å². The first-order valence-electron chi connectivity index (χ1n) is 8.25. The fraction of sp³-hybridized carbons (Fsp3) is 1.00. The monoisotopic (exact) mass is 252 g/mol. The number of hydrogen-bond donors (Lipinski definition) is 1. The van der Waals surface area contributed by atoms with E-state index < -0.39 is 0 Å². The molecule has 106 valence electrons. The van der Waals surface area contributed by atoms with E-state index in [0.29, 0.717) is 0 Å². The Labute approximate surface area is 114 Å². The number of rotatable bonds is 6. The van der Waals surface area contributed by atoms with Gasteiger partial charge >= 0.3 is 0 Å². The van der Waals surface area contributed by atoms with Crippen molar-refractivity contribution < 1.29 is 0 Å². The van der Waals surface area contributed by atoms with Crippen LogP contribution in [0.4, 0.5) is 0 Å². The second kappa shape index (κ2) is 6.91. The van der Waals surface area contributed by atoms with E-state index in [0.717, 1.165) is 24.0 Å². The Bertz CT molecular complexity index is 235. The molecule has 18 heavy (non-hydrogen) atoms. The smallest absolute Gasteiger partial charge is 0.0252 e. The fourth-order valence-electron chi connectivity index (χ4n) is 3.91. The Balaban J connectivity index is 1.95. The summed E-state index contributed by atoms with van der Waals surface area (Å²) in [6.07, 6.45) is 9.69. The van der Waals surface area contributed by atoms with Gasteiger partial charge < -0.3 is 5.32 Å². The molecule has 0 bridgehead atoms. The Morgan fingerprint density at radius 1 is 1.17 bits per heavy atom. The van der Waals surface area contributed by atoms with Crippen molar-refractivity contribution in [1.29, 1.82) is 0 Å². The highest BCUT2D eigenvalue weighted by Gasteiger charge is 2.36. The molecule has 2 heteroatoms. The van der Waals surface area contributed by atoms with E-state index in [1.165, 1.54) is 58.0 Å². The van der Waals surface area contributed by atoms with Crippen LogP contribution in [-0.4, -0.2) is 36.1 Å². The van der Waals surface area contributed by atoms with E-state index in [2.05, 4.69) is 31.0 Å². The van der Waals surface area contributed by atoms with E-state index in [1.54, 1.807) is 0 Å². The summed E-state index contributed by atoms with van der Waals surface area (Å²) in [7, 11) is 0. The van der Waals surface area contributed by atoms with Gasteiger partial charge in [0.15, 0.2) is 0 Å². The van der Waals surface area contributed by atoms with E-state index in [9.17, 15) is 0 Å². The molecular weight excluding hydrogens is 220 g/mol. The lowest BCUT2D eigenvalue weighted by Gasteiger charge is -2.37. The van der Waals surface area contributed by atoms with Crippen molar-refractivity contribution in [3.63, 3.8) is 0 Å². The molecule has 0 spiro atoms. The quantitative estimate of drug-likeness (QED) is 0.779. The summed E-state index contributed by atoms with van der Waals surface area (Å²) in [5, 5.41) is 3.73. The van der Waals surface area contributed by atoms with Gasteiger partial charge in [-0.15, -0.1) is 0 Å². The van der Waals surface area contributed by atoms with E-state index in [4.69, 9.17) is 0 Å². The summed E-state index contributed by atoms with van der Waals surface area (Å²) >= 11 is 0. The summed E-state index contributed by atoms with van der Waals surface area (Å²) in [5.41, 5.74) is 0. The number of likely N-dealkylation sites (tertiary alicyclic amines) is 1. The molecular formula is C16H32N2. The van der Waals surface area contributed by atoms with E-state index in [1.807, 2.05) is 0 Å². The van der Waals surface area contributed by atoms with Gasteiger partial charge in [-0.2, -0.15) is 0 Å². The molecule has 2 heterocycles. The van der Waals surface area contributed by atoms with Crippen LogP contribution in [0.25, 0.3) is 0 Å². The van der Waals surface area contributed by atoms with Crippen molar-refractivity contribution in [1.82, 2.24) is 10.2 Å². The lowest BCUT2D eigenvalue weighted by atomic mass is 9.94. The Kier molecular flexibility index (Phi) is 5.50. The molecule has 2 rings (SSSR count). The van der Waals surface area contributed by atoms with Gasteiger partial charge in [0.1, 0.15) is 0 Å². The Morgan fingerprint density at radius 2 is 2.00 bits per heavy atom. The lowest BCUT2D eigenvalue weighted by Crippen LogP contribution is -2.48. The fourth-order valence-corrected chi connectivity index (χ4v) is 3.91. The van der Waals surface area contributed by atoms with Gasteiger partial charge in [-0.1, -0.05) is 27.2 Å². The number of hydrogen-bond acceptors (Lipinski definition) is 2. The summed E-state index contributed by atoms with van der Waals surface area (Å²) in [6.45, 7) is 9.72. The van der Waals surface area contributed by atoms with Gasteiger partial charge in [0.2, 0.25) is 0 Å². The average Bonchev–Trinajstić information content (AvgIpc) is 3.04. The number of nitrogens with one attached hydrogen (secondary N) is 1. The van der Waals surface area contributed by atoms with Crippen LogP contribution < -0.4 is 5.32 Å². The molecule has 4 atom stereocenters.